The monoisotopic (exact) mass is 423 g/mol. The molecule has 1 aliphatic heterocycles. The zero-order chi connectivity index (χ0) is 20.1. The maximum Gasteiger partial charge on any atom is 0.260 e. The molecule has 10 heteroatoms. The van der Waals surface area contributed by atoms with Crippen LogP contribution in [-0.4, -0.2) is 46.6 Å². The third kappa shape index (κ3) is 4.93. The Morgan fingerprint density at radius 3 is 2.64 bits per heavy atom. The van der Waals surface area contributed by atoms with Crippen molar-refractivity contribution in [2.24, 2.45) is 5.10 Å². The van der Waals surface area contributed by atoms with Crippen LogP contribution in [0.1, 0.15) is 5.56 Å². The summed E-state index contributed by atoms with van der Waals surface area (Å²) < 4.78 is 36.1. The molecule has 0 aromatic heterocycles. The van der Waals surface area contributed by atoms with Crippen molar-refractivity contribution in [3.63, 3.8) is 0 Å². The van der Waals surface area contributed by atoms with Crippen molar-refractivity contribution < 1.29 is 22.7 Å². The van der Waals surface area contributed by atoms with Gasteiger partial charge in [0.05, 0.1) is 18.2 Å². The number of hydrazone groups is 1. The third-order valence-corrected chi connectivity index (χ3v) is 5.18. The van der Waals surface area contributed by atoms with Gasteiger partial charge in [-0.05, 0) is 36.4 Å². The molecule has 2 aromatic carbocycles. The van der Waals surface area contributed by atoms with E-state index in [1.807, 2.05) is 0 Å². The molecule has 1 amide bonds. The molecule has 0 atom stereocenters. The minimum atomic E-state index is -3.67. The van der Waals surface area contributed by atoms with E-state index in [-0.39, 0.29) is 0 Å². The molecule has 1 N–H and O–H groups in total. The van der Waals surface area contributed by atoms with Crippen LogP contribution in [0.5, 0.6) is 11.5 Å². The number of carbonyl (C=O) groups excluding carboxylic acids is 1. The second-order valence-corrected chi connectivity index (χ2v) is 8.25. The summed E-state index contributed by atoms with van der Waals surface area (Å²) in [5.41, 5.74) is 3.29. The summed E-state index contributed by atoms with van der Waals surface area (Å²) in [6.07, 6.45) is 2.43. The summed E-state index contributed by atoms with van der Waals surface area (Å²) in [6, 6.07) is 11.5. The number of halogens is 1. The van der Waals surface area contributed by atoms with Crippen LogP contribution in [0.4, 0.5) is 5.69 Å². The zero-order valence-corrected chi connectivity index (χ0v) is 16.5. The van der Waals surface area contributed by atoms with Crippen molar-refractivity contribution in [3.8, 4) is 11.5 Å². The SMILES string of the molecule is CS(=O)(=O)N(CC(=O)N/N=C\c1cccc2c1OCCO2)c1ccc(Cl)cc1. The van der Waals surface area contributed by atoms with E-state index in [2.05, 4.69) is 10.5 Å². The Kier molecular flexibility index (Phi) is 6.05. The molecule has 0 fully saturated rings. The molecule has 148 valence electrons. The van der Waals surface area contributed by atoms with Crippen LogP contribution >= 0.6 is 11.6 Å². The lowest BCUT2D eigenvalue weighted by Gasteiger charge is -2.21. The van der Waals surface area contributed by atoms with Gasteiger partial charge in [0, 0.05) is 10.6 Å². The fourth-order valence-electron chi connectivity index (χ4n) is 2.54. The summed E-state index contributed by atoms with van der Waals surface area (Å²) in [5.74, 6) is 0.553. The van der Waals surface area contributed by atoms with Gasteiger partial charge in [-0.25, -0.2) is 13.8 Å². The van der Waals surface area contributed by atoms with Gasteiger partial charge in [-0.1, -0.05) is 17.7 Å². The van der Waals surface area contributed by atoms with Gasteiger partial charge in [0.2, 0.25) is 10.0 Å². The molecule has 0 saturated carbocycles. The van der Waals surface area contributed by atoms with Crippen LogP contribution in [0.3, 0.4) is 0 Å². The summed E-state index contributed by atoms with van der Waals surface area (Å²) in [6.45, 7) is 0.468. The quantitative estimate of drug-likeness (QED) is 0.566. The second-order valence-electron chi connectivity index (χ2n) is 5.91. The second kappa shape index (κ2) is 8.49. The van der Waals surface area contributed by atoms with Crippen molar-refractivity contribution in [3.05, 3.63) is 53.1 Å². The maximum atomic E-state index is 12.2. The Morgan fingerprint density at radius 2 is 1.93 bits per heavy atom. The van der Waals surface area contributed by atoms with E-state index in [4.69, 9.17) is 21.1 Å². The Balaban J connectivity index is 1.69. The van der Waals surface area contributed by atoms with Crippen LogP contribution < -0.4 is 19.2 Å². The first kappa shape index (κ1) is 20.0. The first-order valence-electron chi connectivity index (χ1n) is 8.28. The summed E-state index contributed by atoms with van der Waals surface area (Å²) in [5, 5.41) is 4.35. The number of para-hydroxylation sites is 1. The highest BCUT2D eigenvalue weighted by atomic mass is 35.5. The molecule has 2 aromatic rings. The van der Waals surface area contributed by atoms with Gasteiger partial charge in [0.15, 0.2) is 11.5 Å². The molecule has 0 saturated heterocycles. The van der Waals surface area contributed by atoms with Gasteiger partial charge < -0.3 is 9.47 Å². The van der Waals surface area contributed by atoms with E-state index in [1.54, 1.807) is 30.3 Å². The number of sulfonamides is 1. The predicted molar refractivity (Wildman–Crippen MR) is 107 cm³/mol. The molecule has 0 bridgehead atoms. The van der Waals surface area contributed by atoms with Crippen molar-refractivity contribution in [2.75, 3.05) is 30.3 Å². The lowest BCUT2D eigenvalue weighted by molar-refractivity contribution is -0.119. The molecule has 0 aliphatic carbocycles. The number of anilines is 1. The third-order valence-electron chi connectivity index (χ3n) is 3.79. The fourth-order valence-corrected chi connectivity index (χ4v) is 3.53. The number of hydrogen-bond acceptors (Lipinski definition) is 6. The van der Waals surface area contributed by atoms with Crippen molar-refractivity contribution in [2.45, 2.75) is 0 Å². The van der Waals surface area contributed by atoms with E-state index in [9.17, 15) is 13.2 Å². The molecular weight excluding hydrogens is 406 g/mol. The average molecular weight is 424 g/mol. The number of rotatable bonds is 6. The molecule has 3 rings (SSSR count). The number of amides is 1. The minimum Gasteiger partial charge on any atom is -0.486 e. The van der Waals surface area contributed by atoms with E-state index >= 15 is 0 Å². The maximum absolute atomic E-state index is 12.2. The van der Waals surface area contributed by atoms with Crippen LogP contribution in [0.15, 0.2) is 47.6 Å². The number of ether oxygens (including phenoxy) is 2. The number of hydrogen-bond donors (Lipinski definition) is 1. The number of nitrogens with zero attached hydrogens (tertiary/aromatic N) is 2. The molecule has 0 radical (unpaired) electrons. The number of fused-ring (bicyclic) bond motifs is 1. The lowest BCUT2D eigenvalue weighted by atomic mass is 10.2. The fraction of sp³-hybridized carbons (Fsp3) is 0.222. The van der Waals surface area contributed by atoms with Gasteiger partial charge in [-0.15, -0.1) is 0 Å². The van der Waals surface area contributed by atoms with Crippen LogP contribution in [0.2, 0.25) is 5.02 Å². The largest absolute Gasteiger partial charge is 0.486 e. The minimum absolute atomic E-state index is 0.328. The van der Waals surface area contributed by atoms with Crippen LogP contribution in [-0.2, 0) is 14.8 Å². The van der Waals surface area contributed by atoms with E-state index < -0.39 is 22.5 Å². The zero-order valence-electron chi connectivity index (χ0n) is 15.0. The van der Waals surface area contributed by atoms with Gasteiger partial charge in [0.25, 0.3) is 5.91 Å². The average Bonchev–Trinajstić information content (AvgIpc) is 2.66. The Labute approximate surface area is 167 Å². The summed E-state index contributed by atoms with van der Waals surface area (Å²) in [7, 11) is -3.67. The Morgan fingerprint density at radius 1 is 1.21 bits per heavy atom. The topological polar surface area (TPSA) is 97.3 Å². The molecule has 28 heavy (non-hydrogen) atoms. The Hall–Kier alpha value is -2.78. The molecule has 8 nitrogen and oxygen atoms in total. The molecule has 1 aliphatic rings. The van der Waals surface area contributed by atoms with Crippen molar-refractivity contribution >= 4 is 39.4 Å². The van der Waals surface area contributed by atoms with E-state index in [0.29, 0.717) is 41.0 Å². The summed E-state index contributed by atoms with van der Waals surface area (Å²) in [4.78, 5) is 12.2. The number of benzene rings is 2. The van der Waals surface area contributed by atoms with Crippen LogP contribution in [0.25, 0.3) is 0 Å². The van der Waals surface area contributed by atoms with Gasteiger partial charge in [0.1, 0.15) is 19.8 Å². The normalized spacial score (nSPS) is 13.4. The highest BCUT2D eigenvalue weighted by molar-refractivity contribution is 7.92. The predicted octanol–water partition coefficient (Wildman–Crippen LogP) is 2.03. The van der Waals surface area contributed by atoms with E-state index in [1.165, 1.54) is 18.3 Å². The lowest BCUT2D eigenvalue weighted by Crippen LogP contribution is -2.39. The van der Waals surface area contributed by atoms with Crippen molar-refractivity contribution in [1.82, 2.24) is 5.43 Å². The van der Waals surface area contributed by atoms with Crippen molar-refractivity contribution in [1.29, 1.82) is 0 Å². The highest BCUT2D eigenvalue weighted by Crippen LogP contribution is 2.32. The smallest absolute Gasteiger partial charge is 0.260 e. The number of carbonyl (C=O) groups is 1. The van der Waals surface area contributed by atoms with E-state index in [0.717, 1.165) is 10.6 Å². The highest BCUT2D eigenvalue weighted by Gasteiger charge is 2.20. The van der Waals surface area contributed by atoms with Gasteiger partial charge in [-0.2, -0.15) is 5.10 Å². The first-order valence-corrected chi connectivity index (χ1v) is 10.5. The number of nitrogens with one attached hydrogen (secondary N) is 1. The van der Waals surface area contributed by atoms with Crippen LogP contribution in [0, 0.1) is 0 Å². The molecule has 0 unspecified atom stereocenters. The first-order chi connectivity index (χ1) is 13.3. The molecule has 1 heterocycles. The van der Waals surface area contributed by atoms with Gasteiger partial charge in [-0.3, -0.25) is 9.10 Å². The molecule has 0 spiro atoms. The molecular formula is C18H18ClN3O5S. The van der Waals surface area contributed by atoms with Gasteiger partial charge >= 0.3 is 0 Å². The Bertz CT molecular complexity index is 993. The standard InChI is InChI=1S/C18H18ClN3O5S/c1-28(24,25)22(15-7-5-14(19)6-8-15)12-17(23)21-20-11-13-3-2-4-16-18(13)27-10-9-26-16/h2-8,11H,9-10,12H2,1H3,(H,21,23)/b20-11-. The summed E-state index contributed by atoms with van der Waals surface area (Å²) >= 11 is 5.83.